The Kier molecular flexibility index (Phi) is 5.14. The Bertz CT molecular complexity index is 881. The van der Waals surface area contributed by atoms with Crippen molar-refractivity contribution in [3.05, 3.63) is 16.7 Å². The molecule has 1 aliphatic heterocycles. The van der Waals surface area contributed by atoms with Crippen LogP contribution in [0.1, 0.15) is 32.4 Å². The number of aryl methyl sites for hydroxylation is 1. The molecule has 1 aliphatic rings. The van der Waals surface area contributed by atoms with Gasteiger partial charge in [0.2, 0.25) is 5.95 Å². The van der Waals surface area contributed by atoms with E-state index in [0.717, 1.165) is 11.0 Å². The van der Waals surface area contributed by atoms with Crippen LogP contribution in [0.15, 0.2) is 11.0 Å². The van der Waals surface area contributed by atoms with Crippen molar-refractivity contribution in [1.82, 2.24) is 19.1 Å². The summed E-state index contributed by atoms with van der Waals surface area (Å²) in [5.41, 5.74) is 5.35. The molecule has 4 atom stereocenters. The fraction of sp³-hybridized carbons (Fsp3) is 0.667. The molecule has 0 aromatic carbocycles. The number of nitrogens with zero attached hydrogens (tertiary/aromatic N) is 4. The van der Waals surface area contributed by atoms with Crippen molar-refractivity contribution in [1.29, 1.82) is 0 Å². The van der Waals surface area contributed by atoms with E-state index >= 15 is 0 Å². The Hall–Kier alpha value is -2.18. The van der Waals surface area contributed by atoms with Crippen LogP contribution in [-0.2, 0) is 11.3 Å². The molecule has 2 aromatic rings. The van der Waals surface area contributed by atoms with Crippen LogP contribution >= 0.6 is 0 Å². The van der Waals surface area contributed by atoms with Gasteiger partial charge in [0.05, 0.1) is 12.3 Å². The number of alkyl halides is 3. The van der Waals surface area contributed by atoms with Crippen molar-refractivity contribution in [2.45, 2.75) is 63.4 Å². The van der Waals surface area contributed by atoms with Crippen molar-refractivity contribution in [3.63, 3.8) is 0 Å². The zero-order chi connectivity index (χ0) is 19.9. The second-order valence-corrected chi connectivity index (χ2v) is 6.45. The van der Waals surface area contributed by atoms with Gasteiger partial charge in [0.1, 0.15) is 11.6 Å². The van der Waals surface area contributed by atoms with Crippen LogP contribution in [0, 0.1) is 0 Å². The van der Waals surface area contributed by atoms with E-state index in [1.807, 2.05) is 6.92 Å². The molecule has 3 heterocycles. The van der Waals surface area contributed by atoms with Crippen molar-refractivity contribution < 1.29 is 28.1 Å². The fourth-order valence-corrected chi connectivity index (χ4v) is 3.16. The lowest BCUT2D eigenvalue weighted by atomic mass is 10.1. The molecule has 12 heteroatoms. The zero-order valence-corrected chi connectivity index (χ0v) is 14.4. The average Bonchev–Trinajstić information content (AvgIpc) is 3.08. The predicted molar refractivity (Wildman–Crippen MR) is 87.7 cm³/mol. The summed E-state index contributed by atoms with van der Waals surface area (Å²) in [6.07, 6.45) is -9.93. The maximum absolute atomic E-state index is 12.9. The smallest absolute Gasteiger partial charge is 0.388 e. The summed E-state index contributed by atoms with van der Waals surface area (Å²) in [5.74, 6) is -0.136. The summed E-state index contributed by atoms with van der Waals surface area (Å²) in [6.45, 7) is 2.27. The SMILES string of the molecule is CCCCn1c(=O)n([C@@H]2O[C@H](C(O)C(F)(F)F)C[C@H]2O)c2nc(N)ncc21. The third-order valence-electron chi connectivity index (χ3n) is 4.52. The minimum Gasteiger partial charge on any atom is -0.388 e. The van der Waals surface area contributed by atoms with Gasteiger partial charge in [-0.15, -0.1) is 0 Å². The van der Waals surface area contributed by atoms with Crippen LogP contribution in [-0.4, -0.2) is 53.8 Å². The molecule has 0 aliphatic carbocycles. The number of aromatic nitrogens is 4. The highest BCUT2D eigenvalue weighted by Gasteiger charge is 2.50. The van der Waals surface area contributed by atoms with Gasteiger partial charge in [-0.2, -0.15) is 18.2 Å². The van der Waals surface area contributed by atoms with Crippen LogP contribution in [0.5, 0.6) is 0 Å². The summed E-state index contributed by atoms with van der Waals surface area (Å²) >= 11 is 0. The lowest BCUT2D eigenvalue weighted by Gasteiger charge is -2.21. The van der Waals surface area contributed by atoms with E-state index in [1.165, 1.54) is 10.8 Å². The topological polar surface area (TPSA) is 128 Å². The number of anilines is 1. The first-order chi connectivity index (χ1) is 12.6. The van der Waals surface area contributed by atoms with Gasteiger partial charge in [-0.3, -0.25) is 4.57 Å². The first-order valence-corrected chi connectivity index (χ1v) is 8.46. The van der Waals surface area contributed by atoms with Crippen molar-refractivity contribution in [2.24, 2.45) is 0 Å². The van der Waals surface area contributed by atoms with E-state index in [-0.39, 0.29) is 11.6 Å². The molecule has 1 unspecified atom stereocenters. The van der Waals surface area contributed by atoms with Gasteiger partial charge in [0.25, 0.3) is 0 Å². The molecule has 9 nitrogen and oxygen atoms in total. The van der Waals surface area contributed by atoms with E-state index in [4.69, 9.17) is 10.5 Å². The van der Waals surface area contributed by atoms with Crippen molar-refractivity contribution >= 4 is 17.1 Å². The lowest BCUT2D eigenvalue weighted by Crippen LogP contribution is -2.39. The van der Waals surface area contributed by atoms with Gasteiger partial charge in [0, 0.05) is 13.0 Å². The molecule has 0 radical (unpaired) electrons. The quantitative estimate of drug-likeness (QED) is 0.679. The molecule has 1 fully saturated rings. The highest BCUT2D eigenvalue weighted by atomic mass is 19.4. The van der Waals surface area contributed by atoms with Crippen LogP contribution in [0.3, 0.4) is 0 Å². The third kappa shape index (κ3) is 3.51. The van der Waals surface area contributed by atoms with Crippen LogP contribution in [0.4, 0.5) is 19.1 Å². The summed E-state index contributed by atoms with van der Waals surface area (Å²) < 4.78 is 45.8. The number of aliphatic hydroxyl groups is 2. The Morgan fingerprint density at radius 2 is 2.19 bits per heavy atom. The molecular formula is C15H20F3N5O4. The van der Waals surface area contributed by atoms with Gasteiger partial charge in [-0.25, -0.2) is 14.3 Å². The molecular weight excluding hydrogens is 371 g/mol. The standard InChI is InChI=1S/C15H20F3N5O4/c1-2-3-4-22-7-6-20-13(19)21-11(7)23(14(22)26)12-8(24)5-9(27-12)10(25)15(16,17)18/h6,8-10,12,24-25H,2-5H2,1H3,(H2,19,20,21)/t8-,9+,10?,12-/m1/s1. The number of fused-ring (bicyclic) bond motifs is 1. The van der Waals surface area contributed by atoms with Crippen LogP contribution < -0.4 is 11.4 Å². The largest absolute Gasteiger partial charge is 0.416 e. The number of imidazole rings is 1. The molecule has 0 saturated carbocycles. The average molecular weight is 391 g/mol. The number of halogens is 3. The monoisotopic (exact) mass is 391 g/mol. The molecule has 1 saturated heterocycles. The molecule has 27 heavy (non-hydrogen) atoms. The number of unbranched alkanes of at least 4 members (excludes halogenated alkanes) is 1. The first-order valence-electron chi connectivity index (χ1n) is 8.46. The van der Waals surface area contributed by atoms with Crippen molar-refractivity contribution in [3.8, 4) is 0 Å². The maximum Gasteiger partial charge on any atom is 0.416 e. The lowest BCUT2D eigenvalue weighted by molar-refractivity contribution is -0.237. The number of hydrogen-bond donors (Lipinski definition) is 3. The van der Waals surface area contributed by atoms with Gasteiger partial charge in [-0.05, 0) is 6.42 Å². The number of ether oxygens (including phenoxy) is 1. The highest BCUT2D eigenvalue weighted by Crippen LogP contribution is 2.36. The predicted octanol–water partition coefficient (Wildman–Crippen LogP) is 0.547. The van der Waals surface area contributed by atoms with E-state index < -0.39 is 42.8 Å². The molecule has 150 valence electrons. The van der Waals surface area contributed by atoms with E-state index in [0.29, 0.717) is 18.5 Å². The third-order valence-corrected chi connectivity index (χ3v) is 4.52. The van der Waals surface area contributed by atoms with Crippen molar-refractivity contribution in [2.75, 3.05) is 5.73 Å². The second-order valence-electron chi connectivity index (χ2n) is 6.45. The molecule has 0 bridgehead atoms. The minimum atomic E-state index is -4.91. The van der Waals surface area contributed by atoms with E-state index in [9.17, 15) is 28.2 Å². The first kappa shape index (κ1) is 19.6. The maximum atomic E-state index is 12.9. The summed E-state index contributed by atoms with van der Waals surface area (Å²) in [5, 5.41) is 19.6. The summed E-state index contributed by atoms with van der Waals surface area (Å²) in [7, 11) is 0. The fourth-order valence-electron chi connectivity index (χ4n) is 3.16. The molecule has 0 spiro atoms. The number of hydrogen-bond acceptors (Lipinski definition) is 7. The molecule has 4 N–H and O–H groups in total. The van der Waals surface area contributed by atoms with E-state index in [2.05, 4.69) is 9.97 Å². The van der Waals surface area contributed by atoms with Gasteiger partial charge < -0.3 is 20.7 Å². The number of nitrogens with two attached hydrogens (primary N) is 1. The summed E-state index contributed by atoms with van der Waals surface area (Å²) in [6, 6.07) is 0. The Labute approximate surface area is 151 Å². The zero-order valence-electron chi connectivity index (χ0n) is 14.4. The normalized spacial score (nSPS) is 24.6. The number of aliphatic hydroxyl groups excluding tert-OH is 2. The number of nitrogen functional groups attached to an aromatic ring is 1. The van der Waals surface area contributed by atoms with Crippen LogP contribution in [0.25, 0.3) is 11.2 Å². The molecule has 0 amide bonds. The molecule has 2 aromatic heterocycles. The molecule has 3 rings (SSSR count). The van der Waals surface area contributed by atoms with Crippen LogP contribution in [0.2, 0.25) is 0 Å². The Balaban J connectivity index is 2.05. The Morgan fingerprint density at radius 3 is 2.81 bits per heavy atom. The van der Waals surface area contributed by atoms with Gasteiger partial charge >= 0.3 is 11.9 Å². The minimum absolute atomic E-state index is 0.0507. The summed E-state index contributed by atoms with van der Waals surface area (Å²) in [4.78, 5) is 20.7. The Morgan fingerprint density at radius 1 is 1.48 bits per heavy atom. The van der Waals surface area contributed by atoms with Gasteiger partial charge in [-0.1, -0.05) is 13.3 Å². The van der Waals surface area contributed by atoms with Gasteiger partial charge in [0.15, 0.2) is 18.0 Å². The highest BCUT2D eigenvalue weighted by molar-refractivity contribution is 5.71. The second kappa shape index (κ2) is 7.09. The van der Waals surface area contributed by atoms with E-state index in [1.54, 1.807) is 0 Å². The number of rotatable bonds is 5.